The summed E-state index contributed by atoms with van der Waals surface area (Å²) in [4.78, 5) is 37.0. The van der Waals surface area contributed by atoms with Crippen molar-refractivity contribution < 1.29 is 14.3 Å². The molecule has 2 fully saturated rings. The number of amides is 2. The van der Waals surface area contributed by atoms with E-state index in [-0.39, 0.29) is 17.7 Å². The maximum Gasteiger partial charge on any atom is 0.265 e. The number of likely N-dealkylation sites (tertiary alicyclic amines) is 1. The van der Waals surface area contributed by atoms with E-state index in [1.807, 2.05) is 30.6 Å². The highest BCUT2D eigenvalue weighted by Crippen LogP contribution is 2.29. The highest BCUT2D eigenvalue weighted by molar-refractivity contribution is 7.17. The largest absolute Gasteiger partial charge is 0.378 e. The number of carbonyl (C=O) groups excluding carboxylic acids is 2. The predicted molar refractivity (Wildman–Crippen MR) is 106 cm³/mol. The van der Waals surface area contributed by atoms with Gasteiger partial charge < -0.3 is 19.4 Å². The minimum absolute atomic E-state index is 0.0153. The molecule has 1 unspecified atom stereocenters. The summed E-state index contributed by atoms with van der Waals surface area (Å²) >= 11 is 1.47. The molecule has 3 heterocycles. The SMILES string of the molecule is CCN(CC)C(=O)C1CCCN(C(=O)c2sc(N3CCOCC3)nc2C)C1. The number of anilines is 1. The summed E-state index contributed by atoms with van der Waals surface area (Å²) in [7, 11) is 0. The summed E-state index contributed by atoms with van der Waals surface area (Å²) < 4.78 is 5.40. The Morgan fingerprint density at radius 1 is 1.22 bits per heavy atom. The van der Waals surface area contributed by atoms with E-state index in [0.29, 0.717) is 31.2 Å². The normalized spacial score (nSPS) is 20.6. The molecule has 0 radical (unpaired) electrons. The number of carbonyl (C=O) groups is 2. The lowest BCUT2D eigenvalue weighted by Crippen LogP contribution is -2.46. The Morgan fingerprint density at radius 2 is 1.93 bits per heavy atom. The molecule has 0 aromatic carbocycles. The molecule has 2 amide bonds. The summed E-state index contributed by atoms with van der Waals surface area (Å²) in [5, 5.41) is 0.895. The number of aromatic nitrogens is 1. The maximum absolute atomic E-state index is 13.1. The van der Waals surface area contributed by atoms with Gasteiger partial charge in [0.25, 0.3) is 5.91 Å². The van der Waals surface area contributed by atoms with E-state index in [1.165, 1.54) is 11.3 Å². The van der Waals surface area contributed by atoms with Crippen molar-refractivity contribution in [1.29, 1.82) is 0 Å². The second-order valence-corrected chi connectivity index (χ2v) is 8.09. The van der Waals surface area contributed by atoms with Crippen LogP contribution in [-0.4, -0.2) is 79.1 Å². The van der Waals surface area contributed by atoms with E-state index >= 15 is 0 Å². The molecule has 0 N–H and O–H groups in total. The van der Waals surface area contributed by atoms with Crippen molar-refractivity contribution in [3.8, 4) is 0 Å². The van der Waals surface area contributed by atoms with Gasteiger partial charge in [0.05, 0.1) is 24.8 Å². The summed E-state index contributed by atoms with van der Waals surface area (Å²) in [6, 6.07) is 0. The van der Waals surface area contributed by atoms with Crippen molar-refractivity contribution >= 4 is 28.3 Å². The molecule has 1 aromatic heterocycles. The van der Waals surface area contributed by atoms with Crippen molar-refractivity contribution in [3.63, 3.8) is 0 Å². The second-order valence-electron chi connectivity index (χ2n) is 7.11. The van der Waals surface area contributed by atoms with Gasteiger partial charge in [-0.2, -0.15) is 0 Å². The zero-order valence-electron chi connectivity index (χ0n) is 16.6. The van der Waals surface area contributed by atoms with Crippen LogP contribution in [0.25, 0.3) is 0 Å². The Balaban J connectivity index is 1.70. The number of hydrogen-bond donors (Lipinski definition) is 0. The van der Waals surface area contributed by atoms with Crippen LogP contribution >= 0.6 is 11.3 Å². The summed E-state index contributed by atoms with van der Waals surface area (Å²) in [6.45, 7) is 11.6. The first-order valence-electron chi connectivity index (χ1n) is 9.93. The van der Waals surface area contributed by atoms with Gasteiger partial charge in [-0.3, -0.25) is 9.59 Å². The second kappa shape index (κ2) is 9.01. The topological polar surface area (TPSA) is 66.0 Å². The minimum Gasteiger partial charge on any atom is -0.378 e. The molecule has 3 rings (SSSR count). The smallest absolute Gasteiger partial charge is 0.265 e. The van der Waals surface area contributed by atoms with Gasteiger partial charge in [-0.25, -0.2) is 4.98 Å². The van der Waals surface area contributed by atoms with Crippen LogP contribution in [0.2, 0.25) is 0 Å². The molecule has 1 atom stereocenters. The molecular formula is C19H30N4O3S. The van der Waals surface area contributed by atoms with Gasteiger partial charge in [0.2, 0.25) is 5.91 Å². The number of rotatable bonds is 5. The molecule has 2 saturated heterocycles. The fraction of sp³-hybridized carbons (Fsp3) is 0.737. The van der Waals surface area contributed by atoms with Gasteiger partial charge in [-0.15, -0.1) is 0 Å². The summed E-state index contributed by atoms with van der Waals surface area (Å²) in [5.74, 6) is 0.101. The van der Waals surface area contributed by atoms with Crippen molar-refractivity contribution in [2.75, 3.05) is 57.4 Å². The highest BCUT2D eigenvalue weighted by atomic mass is 32.1. The van der Waals surface area contributed by atoms with Crippen LogP contribution in [0, 0.1) is 12.8 Å². The standard InChI is InChI=1S/C19H30N4O3S/c1-4-21(5-2)17(24)15-7-6-8-23(13-15)18(25)16-14(3)20-19(27-16)22-9-11-26-12-10-22/h15H,4-13H2,1-3H3. The van der Waals surface area contributed by atoms with E-state index in [4.69, 9.17) is 4.74 Å². The van der Waals surface area contributed by atoms with Crippen LogP contribution in [0.3, 0.4) is 0 Å². The van der Waals surface area contributed by atoms with Crippen molar-refractivity contribution in [2.45, 2.75) is 33.6 Å². The Bertz CT molecular complexity index is 668. The molecule has 0 saturated carbocycles. The van der Waals surface area contributed by atoms with Gasteiger partial charge in [-0.05, 0) is 33.6 Å². The third-order valence-corrected chi connectivity index (χ3v) is 6.60. The quantitative estimate of drug-likeness (QED) is 0.764. The molecule has 0 aliphatic carbocycles. The lowest BCUT2D eigenvalue weighted by Gasteiger charge is -2.34. The zero-order chi connectivity index (χ0) is 19.4. The molecule has 0 spiro atoms. The Hall–Kier alpha value is -1.67. The van der Waals surface area contributed by atoms with Gasteiger partial charge in [0.15, 0.2) is 5.13 Å². The lowest BCUT2D eigenvalue weighted by molar-refractivity contribution is -0.136. The third kappa shape index (κ3) is 4.43. The van der Waals surface area contributed by atoms with Gasteiger partial charge in [0, 0.05) is 39.3 Å². The Labute approximate surface area is 165 Å². The van der Waals surface area contributed by atoms with Gasteiger partial charge >= 0.3 is 0 Å². The minimum atomic E-state index is -0.0884. The number of ether oxygens (including phenoxy) is 1. The summed E-state index contributed by atoms with van der Waals surface area (Å²) in [6.07, 6.45) is 1.73. The predicted octanol–water partition coefficient (Wildman–Crippen LogP) is 2.01. The number of hydrogen-bond acceptors (Lipinski definition) is 6. The van der Waals surface area contributed by atoms with Crippen LogP contribution in [0.1, 0.15) is 42.1 Å². The van der Waals surface area contributed by atoms with Crippen LogP contribution in [-0.2, 0) is 9.53 Å². The zero-order valence-corrected chi connectivity index (χ0v) is 17.4. The van der Waals surface area contributed by atoms with E-state index < -0.39 is 0 Å². The fourth-order valence-corrected chi connectivity index (χ4v) is 4.86. The monoisotopic (exact) mass is 394 g/mol. The molecule has 1 aromatic rings. The number of aryl methyl sites for hydroxylation is 1. The average molecular weight is 395 g/mol. The molecule has 7 nitrogen and oxygen atoms in total. The average Bonchev–Trinajstić information content (AvgIpc) is 3.10. The van der Waals surface area contributed by atoms with Crippen molar-refractivity contribution in [1.82, 2.24) is 14.8 Å². The van der Waals surface area contributed by atoms with Crippen LogP contribution in [0.15, 0.2) is 0 Å². The molecule has 2 aliphatic heterocycles. The molecule has 150 valence electrons. The molecule has 2 aliphatic rings. The molecular weight excluding hydrogens is 364 g/mol. The third-order valence-electron chi connectivity index (χ3n) is 5.39. The number of piperidine rings is 1. The molecule has 27 heavy (non-hydrogen) atoms. The van der Waals surface area contributed by atoms with Crippen molar-refractivity contribution in [2.24, 2.45) is 5.92 Å². The van der Waals surface area contributed by atoms with Crippen LogP contribution in [0.4, 0.5) is 5.13 Å². The van der Waals surface area contributed by atoms with E-state index in [1.54, 1.807) is 0 Å². The number of nitrogens with zero attached hydrogens (tertiary/aromatic N) is 4. The first-order chi connectivity index (χ1) is 13.0. The fourth-order valence-electron chi connectivity index (χ4n) is 3.77. The van der Waals surface area contributed by atoms with E-state index in [2.05, 4.69) is 9.88 Å². The van der Waals surface area contributed by atoms with E-state index in [0.717, 1.165) is 49.8 Å². The summed E-state index contributed by atoms with van der Waals surface area (Å²) in [5.41, 5.74) is 0.781. The van der Waals surface area contributed by atoms with Gasteiger partial charge in [-0.1, -0.05) is 11.3 Å². The first-order valence-corrected chi connectivity index (χ1v) is 10.7. The van der Waals surface area contributed by atoms with Crippen LogP contribution in [0.5, 0.6) is 0 Å². The number of morpholine rings is 1. The lowest BCUT2D eigenvalue weighted by atomic mass is 9.96. The maximum atomic E-state index is 13.1. The first kappa shape index (κ1) is 20.1. The Kier molecular flexibility index (Phi) is 6.70. The molecule has 0 bridgehead atoms. The van der Waals surface area contributed by atoms with Crippen molar-refractivity contribution in [3.05, 3.63) is 10.6 Å². The van der Waals surface area contributed by atoms with Crippen LogP contribution < -0.4 is 4.90 Å². The van der Waals surface area contributed by atoms with Gasteiger partial charge in [0.1, 0.15) is 4.88 Å². The Morgan fingerprint density at radius 3 is 2.59 bits per heavy atom. The highest BCUT2D eigenvalue weighted by Gasteiger charge is 2.32. The van der Waals surface area contributed by atoms with E-state index in [9.17, 15) is 9.59 Å². The molecule has 8 heteroatoms. The number of thiazole rings is 1.